The second-order valence-corrected chi connectivity index (χ2v) is 8.91. The molecule has 0 saturated carbocycles. The fourth-order valence-electron chi connectivity index (χ4n) is 3.05. The minimum Gasteiger partial charge on any atom is -0.322 e. The third-order valence-corrected chi connectivity index (χ3v) is 6.95. The molecule has 1 heterocycles. The van der Waals surface area contributed by atoms with Gasteiger partial charge in [-0.15, -0.1) is 0 Å². The molecule has 1 N–H and O–H groups in total. The highest BCUT2D eigenvalue weighted by Crippen LogP contribution is 2.21. The van der Waals surface area contributed by atoms with Crippen molar-refractivity contribution in [1.29, 1.82) is 0 Å². The van der Waals surface area contributed by atoms with Crippen LogP contribution in [0.2, 0.25) is 5.02 Å². The van der Waals surface area contributed by atoms with Crippen LogP contribution in [-0.4, -0.2) is 55.8 Å². The minimum absolute atomic E-state index is 0.128. The van der Waals surface area contributed by atoms with Gasteiger partial charge in [-0.2, -0.15) is 4.31 Å². The first-order valence-corrected chi connectivity index (χ1v) is 10.7. The van der Waals surface area contributed by atoms with Crippen LogP contribution in [0.3, 0.4) is 0 Å². The van der Waals surface area contributed by atoms with Crippen molar-refractivity contribution in [3.63, 3.8) is 0 Å². The van der Waals surface area contributed by atoms with Crippen LogP contribution in [0, 0.1) is 5.82 Å². The van der Waals surface area contributed by atoms with Crippen LogP contribution in [0.25, 0.3) is 0 Å². The van der Waals surface area contributed by atoms with E-state index in [1.165, 1.54) is 28.6 Å². The van der Waals surface area contributed by atoms with Crippen LogP contribution in [0.5, 0.6) is 0 Å². The number of para-hydroxylation sites is 1. The molecule has 1 aliphatic rings. The number of nitrogens with zero attached hydrogens (tertiary/aromatic N) is 2. The summed E-state index contributed by atoms with van der Waals surface area (Å²) in [6.45, 7) is 3.06. The molecule has 0 bridgehead atoms. The molecule has 6 nitrogen and oxygen atoms in total. The lowest BCUT2D eigenvalue weighted by molar-refractivity contribution is -0.121. The van der Waals surface area contributed by atoms with Crippen molar-refractivity contribution in [3.8, 4) is 0 Å². The fourth-order valence-corrected chi connectivity index (χ4v) is 4.60. The number of halogens is 2. The normalized spacial score (nSPS) is 17.2. The molecule has 0 aromatic heterocycles. The third kappa shape index (κ3) is 4.52. The van der Waals surface area contributed by atoms with Crippen molar-refractivity contribution in [2.75, 3.05) is 31.5 Å². The average molecular weight is 426 g/mol. The topological polar surface area (TPSA) is 69.7 Å². The van der Waals surface area contributed by atoms with Gasteiger partial charge in [-0.3, -0.25) is 9.69 Å². The zero-order valence-electron chi connectivity index (χ0n) is 15.3. The van der Waals surface area contributed by atoms with Crippen LogP contribution in [0.4, 0.5) is 10.1 Å². The zero-order chi connectivity index (χ0) is 20.3. The van der Waals surface area contributed by atoms with E-state index in [1.807, 2.05) is 4.90 Å². The van der Waals surface area contributed by atoms with E-state index >= 15 is 0 Å². The van der Waals surface area contributed by atoms with Crippen molar-refractivity contribution in [3.05, 3.63) is 59.4 Å². The van der Waals surface area contributed by atoms with Gasteiger partial charge in [0, 0.05) is 31.2 Å². The number of hydrogen-bond acceptors (Lipinski definition) is 4. The standard InChI is InChI=1S/C19H21ClFN3O3S/c1-14(19(25)22-18-5-3-2-4-17(18)21)23-10-12-24(13-11-23)28(26,27)16-8-6-15(20)7-9-16/h2-9,14H,10-13H2,1H3,(H,22,25)/t14-/m1/s1. The lowest BCUT2D eigenvalue weighted by Gasteiger charge is -2.36. The lowest BCUT2D eigenvalue weighted by atomic mass is 10.2. The molecule has 1 fully saturated rings. The Hall–Kier alpha value is -2.00. The number of sulfonamides is 1. The van der Waals surface area contributed by atoms with E-state index in [0.29, 0.717) is 18.1 Å². The van der Waals surface area contributed by atoms with E-state index < -0.39 is 21.9 Å². The highest BCUT2D eigenvalue weighted by Gasteiger charge is 2.31. The summed E-state index contributed by atoms with van der Waals surface area (Å²) in [5.74, 6) is -0.832. The van der Waals surface area contributed by atoms with Gasteiger partial charge in [0.25, 0.3) is 0 Å². The molecule has 9 heteroatoms. The van der Waals surface area contributed by atoms with E-state index in [0.717, 1.165) is 0 Å². The van der Waals surface area contributed by atoms with Gasteiger partial charge in [-0.05, 0) is 43.3 Å². The summed E-state index contributed by atoms with van der Waals surface area (Å²) in [7, 11) is -3.60. The maximum Gasteiger partial charge on any atom is 0.243 e. The summed E-state index contributed by atoms with van der Waals surface area (Å²) in [6, 6.07) is 11.5. The predicted molar refractivity (Wildman–Crippen MR) is 106 cm³/mol. The van der Waals surface area contributed by atoms with Gasteiger partial charge in [0.2, 0.25) is 15.9 Å². The number of hydrogen-bond donors (Lipinski definition) is 1. The Balaban J connectivity index is 1.60. The Morgan fingerprint density at radius 1 is 1.07 bits per heavy atom. The molecular formula is C19H21ClFN3O3S. The molecule has 1 saturated heterocycles. The van der Waals surface area contributed by atoms with Crippen molar-refractivity contribution in [2.24, 2.45) is 0 Å². The molecule has 3 rings (SSSR count). The number of carbonyl (C=O) groups is 1. The summed E-state index contributed by atoms with van der Waals surface area (Å²) in [5.41, 5.74) is 0.128. The number of piperazine rings is 1. The van der Waals surface area contributed by atoms with Crippen molar-refractivity contribution < 1.29 is 17.6 Å². The molecule has 0 spiro atoms. The van der Waals surface area contributed by atoms with E-state index in [1.54, 1.807) is 31.2 Å². The molecule has 1 amide bonds. The minimum atomic E-state index is -3.60. The van der Waals surface area contributed by atoms with Crippen LogP contribution < -0.4 is 5.32 Å². The van der Waals surface area contributed by atoms with Gasteiger partial charge in [0.1, 0.15) is 5.82 Å². The number of rotatable bonds is 5. The summed E-state index contributed by atoms with van der Waals surface area (Å²) in [5, 5.41) is 3.05. The first-order chi connectivity index (χ1) is 13.3. The molecule has 2 aromatic carbocycles. The van der Waals surface area contributed by atoms with Gasteiger partial charge in [0.15, 0.2) is 0 Å². The van der Waals surface area contributed by atoms with Crippen molar-refractivity contribution >= 4 is 33.2 Å². The molecule has 150 valence electrons. The Kier molecular flexibility index (Phi) is 6.34. The molecule has 28 heavy (non-hydrogen) atoms. The van der Waals surface area contributed by atoms with Gasteiger partial charge in [-0.1, -0.05) is 23.7 Å². The highest BCUT2D eigenvalue weighted by atomic mass is 35.5. The summed E-state index contributed by atoms with van der Waals surface area (Å²) in [6.07, 6.45) is 0. The first kappa shape index (κ1) is 20.7. The Morgan fingerprint density at radius 3 is 2.29 bits per heavy atom. The quantitative estimate of drug-likeness (QED) is 0.799. The molecule has 1 aliphatic heterocycles. The molecule has 0 aliphatic carbocycles. The third-order valence-electron chi connectivity index (χ3n) is 4.78. The number of benzene rings is 2. The van der Waals surface area contributed by atoms with Crippen LogP contribution in [0.1, 0.15) is 6.92 Å². The second kappa shape index (κ2) is 8.57. The number of amides is 1. The maximum absolute atomic E-state index is 13.7. The maximum atomic E-state index is 13.7. The molecular weight excluding hydrogens is 405 g/mol. The average Bonchev–Trinajstić information content (AvgIpc) is 2.69. The lowest BCUT2D eigenvalue weighted by Crippen LogP contribution is -2.53. The smallest absolute Gasteiger partial charge is 0.243 e. The van der Waals surface area contributed by atoms with E-state index in [4.69, 9.17) is 11.6 Å². The van der Waals surface area contributed by atoms with Gasteiger partial charge < -0.3 is 5.32 Å². The number of anilines is 1. The molecule has 0 unspecified atom stereocenters. The van der Waals surface area contributed by atoms with E-state index in [-0.39, 0.29) is 29.6 Å². The summed E-state index contributed by atoms with van der Waals surface area (Å²) >= 11 is 5.82. The second-order valence-electron chi connectivity index (χ2n) is 6.54. The van der Waals surface area contributed by atoms with E-state index in [2.05, 4.69) is 5.32 Å². The fraction of sp³-hybridized carbons (Fsp3) is 0.316. The van der Waals surface area contributed by atoms with Gasteiger partial charge in [-0.25, -0.2) is 12.8 Å². The molecule has 0 radical (unpaired) electrons. The molecule has 1 atom stereocenters. The SMILES string of the molecule is C[C@H](C(=O)Nc1ccccc1F)N1CCN(S(=O)(=O)c2ccc(Cl)cc2)CC1. The van der Waals surface area contributed by atoms with Crippen LogP contribution in [0.15, 0.2) is 53.4 Å². The Bertz CT molecular complexity index is 945. The van der Waals surface area contributed by atoms with Crippen LogP contribution >= 0.6 is 11.6 Å². The summed E-state index contributed by atoms with van der Waals surface area (Å²) < 4.78 is 40.6. The predicted octanol–water partition coefficient (Wildman–Crippen LogP) is 2.81. The number of carbonyl (C=O) groups excluding carboxylic acids is 1. The van der Waals surface area contributed by atoms with Crippen molar-refractivity contribution in [2.45, 2.75) is 17.9 Å². The Labute approximate surface area is 168 Å². The summed E-state index contributed by atoms with van der Waals surface area (Å²) in [4.78, 5) is 14.5. The van der Waals surface area contributed by atoms with Crippen molar-refractivity contribution in [1.82, 2.24) is 9.21 Å². The van der Waals surface area contributed by atoms with Gasteiger partial charge in [0.05, 0.1) is 16.6 Å². The Morgan fingerprint density at radius 2 is 1.68 bits per heavy atom. The van der Waals surface area contributed by atoms with E-state index in [9.17, 15) is 17.6 Å². The number of nitrogens with one attached hydrogen (secondary N) is 1. The monoisotopic (exact) mass is 425 g/mol. The van der Waals surface area contributed by atoms with Crippen LogP contribution in [-0.2, 0) is 14.8 Å². The largest absolute Gasteiger partial charge is 0.322 e. The van der Waals surface area contributed by atoms with Gasteiger partial charge >= 0.3 is 0 Å². The zero-order valence-corrected chi connectivity index (χ0v) is 16.9. The first-order valence-electron chi connectivity index (χ1n) is 8.84. The molecule has 2 aromatic rings. The highest BCUT2D eigenvalue weighted by molar-refractivity contribution is 7.89.